The number of benzene rings is 3. The van der Waals surface area contributed by atoms with Crippen LogP contribution in [-0.2, 0) is 4.79 Å². The van der Waals surface area contributed by atoms with Crippen LogP contribution in [0.5, 0.6) is 5.75 Å². The van der Waals surface area contributed by atoms with Crippen molar-refractivity contribution in [3.63, 3.8) is 0 Å². The second-order valence-corrected chi connectivity index (χ2v) is 8.28. The first-order valence-electron chi connectivity index (χ1n) is 11.7. The predicted molar refractivity (Wildman–Crippen MR) is 147 cm³/mol. The molecule has 4 aromatic rings. The number of ether oxygens (including phenoxy) is 1. The standard InChI is InChI=1S/C28H25F2N7O2/c1-17-8-6-7-11-20(17)36-22(37(16-38)18-9-4-3-5-10-18)14-33-28-23(27(32)34-15-35-28)26(31)19-12-13-21(39-2)25(30)24(19)29/h3-13,15-16,31H,14H2,1-2H3,(H3,32,33,34,35)/b31-26?,36-22-. The summed E-state index contributed by atoms with van der Waals surface area (Å²) in [7, 11) is 1.21. The Morgan fingerprint density at radius 3 is 2.49 bits per heavy atom. The van der Waals surface area contributed by atoms with Gasteiger partial charge in [-0.25, -0.2) is 19.4 Å². The van der Waals surface area contributed by atoms with Crippen LogP contribution >= 0.6 is 0 Å². The van der Waals surface area contributed by atoms with Gasteiger partial charge in [-0.1, -0.05) is 36.4 Å². The highest BCUT2D eigenvalue weighted by molar-refractivity contribution is 6.17. The molecule has 0 unspecified atom stereocenters. The number of carbonyl (C=O) groups is 1. The summed E-state index contributed by atoms with van der Waals surface area (Å²) in [5.74, 6) is -2.55. The van der Waals surface area contributed by atoms with E-state index in [0.29, 0.717) is 23.6 Å². The average Bonchev–Trinajstić information content (AvgIpc) is 2.95. The van der Waals surface area contributed by atoms with Crippen molar-refractivity contribution in [2.24, 2.45) is 4.99 Å². The fourth-order valence-corrected chi connectivity index (χ4v) is 3.83. The molecule has 9 nitrogen and oxygen atoms in total. The number of aromatic nitrogens is 2. The minimum Gasteiger partial charge on any atom is -0.494 e. The number of para-hydroxylation sites is 2. The molecule has 3 aromatic carbocycles. The molecule has 0 aliphatic heterocycles. The van der Waals surface area contributed by atoms with E-state index in [1.165, 1.54) is 30.5 Å². The number of nitrogens with two attached hydrogens (primary N) is 1. The van der Waals surface area contributed by atoms with Gasteiger partial charge in [0.25, 0.3) is 0 Å². The van der Waals surface area contributed by atoms with Crippen LogP contribution < -0.4 is 20.7 Å². The molecule has 11 heteroatoms. The summed E-state index contributed by atoms with van der Waals surface area (Å²) < 4.78 is 34.0. The molecule has 0 bridgehead atoms. The number of anilines is 3. The number of hydrogen-bond acceptors (Lipinski definition) is 8. The van der Waals surface area contributed by atoms with Crippen molar-refractivity contribution in [2.75, 3.05) is 29.6 Å². The van der Waals surface area contributed by atoms with E-state index in [2.05, 4.69) is 15.3 Å². The molecular weight excluding hydrogens is 504 g/mol. The van der Waals surface area contributed by atoms with Crippen LogP contribution in [0.3, 0.4) is 0 Å². The third kappa shape index (κ3) is 5.72. The van der Waals surface area contributed by atoms with Gasteiger partial charge in [0, 0.05) is 11.3 Å². The van der Waals surface area contributed by atoms with Crippen LogP contribution in [0.4, 0.5) is 31.8 Å². The van der Waals surface area contributed by atoms with Crippen LogP contribution in [-0.4, -0.2) is 41.6 Å². The SMILES string of the molecule is COc1ccc(C(=N)c2c(N)ncnc2NC/C(=N/c2ccccc2C)N(C=O)c2ccccc2)c(F)c1F. The highest BCUT2D eigenvalue weighted by Crippen LogP contribution is 2.28. The van der Waals surface area contributed by atoms with E-state index >= 15 is 0 Å². The zero-order valence-corrected chi connectivity index (χ0v) is 21.2. The number of aliphatic imine (C=N–C) groups is 1. The summed E-state index contributed by atoms with van der Waals surface area (Å²) in [4.78, 5) is 26.4. The number of amidine groups is 1. The molecule has 1 aromatic heterocycles. The second kappa shape index (κ2) is 11.9. The van der Waals surface area contributed by atoms with Crippen molar-refractivity contribution >= 4 is 41.0 Å². The molecule has 39 heavy (non-hydrogen) atoms. The van der Waals surface area contributed by atoms with Gasteiger partial charge in [-0.15, -0.1) is 0 Å². The molecule has 0 saturated heterocycles. The van der Waals surface area contributed by atoms with Gasteiger partial charge in [0.1, 0.15) is 23.8 Å². The molecule has 0 fully saturated rings. The Morgan fingerprint density at radius 2 is 1.79 bits per heavy atom. The summed E-state index contributed by atoms with van der Waals surface area (Å²) in [6, 6.07) is 18.8. The van der Waals surface area contributed by atoms with Crippen molar-refractivity contribution in [2.45, 2.75) is 6.92 Å². The number of nitrogens with one attached hydrogen (secondary N) is 2. The van der Waals surface area contributed by atoms with E-state index in [4.69, 9.17) is 20.9 Å². The normalized spacial score (nSPS) is 11.1. The molecule has 0 aliphatic rings. The van der Waals surface area contributed by atoms with Gasteiger partial charge in [0.05, 0.1) is 30.6 Å². The van der Waals surface area contributed by atoms with Gasteiger partial charge >= 0.3 is 0 Å². The molecule has 198 valence electrons. The molecule has 0 saturated carbocycles. The third-order valence-electron chi connectivity index (χ3n) is 5.86. The second-order valence-electron chi connectivity index (χ2n) is 8.28. The number of halogens is 2. The lowest BCUT2D eigenvalue weighted by molar-refractivity contribution is -0.106. The molecule has 0 radical (unpaired) electrons. The minimum absolute atomic E-state index is 0.0435. The van der Waals surface area contributed by atoms with E-state index in [9.17, 15) is 13.6 Å². The van der Waals surface area contributed by atoms with E-state index in [0.717, 1.165) is 5.56 Å². The molecule has 0 atom stereocenters. The van der Waals surface area contributed by atoms with Crippen molar-refractivity contribution in [1.29, 1.82) is 5.41 Å². The number of methoxy groups -OCH3 is 1. The van der Waals surface area contributed by atoms with E-state index in [1.807, 2.05) is 37.3 Å². The Balaban J connectivity index is 1.74. The van der Waals surface area contributed by atoms with E-state index < -0.39 is 17.3 Å². The Labute approximate surface area is 223 Å². The zero-order chi connectivity index (χ0) is 27.9. The first kappa shape index (κ1) is 26.9. The van der Waals surface area contributed by atoms with Crippen molar-refractivity contribution < 1.29 is 18.3 Å². The van der Waals surface area contributed by atoms with E-state index in [1.54, 1.807) is 24.3 Å². The molecule has 4 rings (SSSR count). The number of hydrogen-bond donors (Lipinski definition) is 3. The minimum atomic E-state index is -1.27. The monoisotopic (exact) mass is 529 g/mol. The van der Waals surface area contributed by atoms with Gasteiger partial charge in [0.2, 0.25) is 12.2 Å². The van der Waals surface area contributed by atoms with Crippen LogP contribution in [0.1, 0.15) is 16.7 Å². The first-order chi connectivity index (χ1) is 18.8. The Kier molecular flexibility index (Phi) is 8.20. The number of amides is 1. The van der Waals surface area contributed by atoms with Gasteiger partial charge < -0.3 is 15.8 Å². The lowest BCUT2D eigenvalue weighted by atomic mass is 10.0. The maximum atomic E-state index is 14.8. The van der Waals surface area contributed by atoms with Gasteiger partial charge in [-0.05, 0) is 42.8 Å². The van der Waals surface area contributed by atoms with Crippen molar-refractivity contribution in [3.8, 4) is 5.75 Å². The largest absolute Gasteiger partial charge is 0.494 e. The van der Waals surface area contributed by atoms with Crippen LogP contribution in [0.2, 0.25) is 0 Å². The fourth-order valence-electron chi connectivity index (χ4n) is 3.83. The quantitative estimate of drug-likeness (QED) is 0.161. The third-order valence-corrected chi connectivity index (χ3v) is 5.86. The molecule has 1 heterocycles. The van der Waals surface area contributed by atoms with Crippen molar-refractivity contribution in [3.05, 3.63) is 101 Å². The fraction of sp³-hybridized carbons (Fsp3) is 0.107. The molecule has 0 aliphatic carbocycles. The maximum Gasteiger partial charge on any atom is 0.219 e. The summed E-state index contributed by atoms with van der Waals surface area (Å²) in [6.45, 7) is 1.85. The highest BCUT2D eigenvalue weighted by atomic mass is 19.2. The molecule has 0 spiro atoms. The Morgan fingerprint density at radius 1 is 1.08 bits per heavy atom. The number of carbonyl (C=O) groups excluding carboxylic acids is 1. The summed E-state index contributed by atoms with van der Waals surface area (Å²) in [5, 5.41) is 11.7. The zero-order valence-electron chi connectivity index (χ0n) is 21.2. The van der Waals surface area contributed by atoms with Gasteiger partial charge in [-0.3, -0.25) is 15.1 Å². The predicted octanol–water partition coefficient (Wildman–Crippen LogP) is 4.88. The summed E-state index contributed by atoms with van der Waals surface area (Å²) >= 11 is 0. The topological polar surface area (TPSA) is 130 Å². The van der Waals surface area contributed by atoms with Gasteiger partial charge in [0.15, 0.2) is 11.6 Å². The smallest absolute Gasteiger partial charge is 0.219 e. The molecular formula is C28H25F2N7O2. The van der Waals surface area contributed by atoms with Crippen LogP contribution in [0, 0.1) is 24.0 Å². The lowest BCUT2D eigenvalue weighted by Crippen LogP contribution is -2.35. The van der Waals surface area contributed by atoms with Crippen molar-refractivity contribution in [1.82, 2.24) is 9.97 Å². The number of rotatable bonds is 9. The highest BCUT2D eigenvalue weighted by Gasteiger charge is 2.23. The summed E-state index contributed by atoms with van der Waals surface area (Å²) in [6.07, 6.45) is 1.81. The number of nitrogen functional groups attached to an aromatic ring is 1. The van der Waals surface area contributed by atoms with E-state index in [-0.39, 0.29) is 35.1 Å². The van der Waals surface area contributed by atoms with Gasteiger partial charge in [-0.2, -0.15) is 4.39 Å². The molecule has 1 amide bonds. The van der Waals surface area contributed by atoms with Crippen LogP contribution in [0.15, 0.2) is 78.0 Å². The van der Waals surface area contributed by atoms with Crippen LogP contribution in [0.25, 0.3) is 0 Å². The lowest BCUT2D eigenvalue weighted by Gasteiger charge is -2.22. The first-order valence-corrected chi connectivity index (χ1v) is 11.7. The molecule has 4 N–H and O–H groups in total. The average molecular weight is 530 g/mol. The Hall–Kier alpha value is -5.19. The Bertz CT molecular complexity index is 1540. The number of nitrogens with zero attached hydrogens (tertiary/aromatic N) is 4. The number of aryl methyl sites for hydroxylation is 1. The summed E-state index contributed by atoms with van der Waals surface area (Å²) in [5.41, 5.74) is 7.32. The maximum absolute atomic E-state index is 14.8.